The van der Waals surface area contributed by atoms with Gasteiger partial charge in [-0.2, -0.15) is 18.4 Å². The SMILES string of the molecule is Cc1ccc(-c2ccc3c4ccc(-c5ccc(C)cc5)cc4n(-c4cc(-c5ccccc5C(F)(F)F)cc(-n5c6cc(-c7ccc(C)cc7)ccc6c6ccc(-c7ccc(C)cc7)cc65)c4C#N)c3c2)cc1. The molecule has 10 aromatic carbocycles. The van der Waals surface area contributed by atoms with Crippen molar-refractivity contribution < 1.29 is 13.2 Å². The molecule has 0 aliphatic carbocycles. The molecule has 0 unspecified atom stereocenters. The summed E-state index contributed by atoms with van der Waals surface area (Å²) in [6.07, 6.45) is -4.66. The number of benzene rings is 10. The molecule has 346 valence electrons. The van der Waals surface area contributed by atoms with Crippen LogP contribution in [0.15, 0.2) is 206 Å². The number of rotatable bonds is 7. The third-order valence-corrected chi connectivity index (χ3v) is 14.3. The molecule has 6 heteroatoms. The fourth-order valence-electron chi connectivity index (χ4n) is 10.5. The summed E-state index contributed by atoms with van der Waals surface area (Å²) < 4.78 is 50.2. The molecule has 0 N–H and O–H groups in total. The molecule has 0 bridgehead atoms. The van der Waals surface area contributed by atoms with Gasteiger partial charge in [-0.05, 0) is 126 Å². The van der Waals surface area contributed by atoms with Crippen LogP contribution in [0.1, 0.15) is 33.4 Å². The highest BCUT2D eigenvalue weighted by atomic mass is 19.4. The minimum absolute atomic E-state index is 0.0138. The molecule has 0 saturated carbocycles. The van der Waals surface area contributed by atoms with E-state index in [0.29, 0.717) is 22.5 Å². The molecule has 0 saturated heterocycles. The molecule has 2 heterocycles. The van der Waals surface area contributed by atoms with Crippen molar-refractivity contribution in [2.75, 3.05) is 0 Å². The maximum absolute atomic E-state index is 15.3. The van der Waals surface area contributed by atoms with Gasteiger partial charge >= 0.3 is 6.18 Å². The Morgan fingerprint density at radius 2 is 0.639 bits per heavy atom. The highest BCUT2D eigenvalue weighted by Crippen LogP contribution is 2.45. The van der Waals surface area contributed by atoms with E-state index in [1.807, 2.05) is 0 Å². The monoisotopic (exact) mass is 937 g/mol. The summed E-state index contributed by atoms with van der Waals surface area (Å²) in [5.41, 5.74) is 16.6. The number of alkyl halides is 3. The van der Waals surface area contributed by atoms with Gasteiger partial charge in [0.1, 0.15) is 11.6 Å². The molecule has 0 atom stereocenters. The van der Waals surface area contributed by atoms with Gasteiger partial charge < -0.3 is 9.13 Å². The summed E-state index contributed by atoms with van der Waals surface area (Å²) >= 11 is 0. The summed E-state index contributed by atoms with van der Waals surface area (Å²) in [6, 6.07) is 71.0. The first-order valence-electron chi connectivity index (χ1n) is 24.1. The molecule has 2 aromatic heterocycles. The Bertz CT molecular complexity index is 3710. The minimum atomic E-state index is -4.66. The smallest absolute Gasteiger partial charge is 0.308 e. The van der Waals surface area contributed by atoms with Gasteiger partial charge in [0, 0.05) is 21.5 Å². The van der Waals surface area contributed by atoms with Crippen LogP contribution in [0.25, 0.3) is 111 Å². The first-order valence-corrected chi connectivity index (χ1v) is 24.1. The van der Waals surface area contributed by atoms with Crippen molar-refractivity contribution in [2.24, 2.45) is 0 Å². The lowest BCUT2D eigenvalue weighted by Gasteiger charge is -2.20. The van der Waals surface area contributed by atoms with Gasteiger partial charge in [-0.25, -0.2) is 0 Å². The van der Waals surface area contributed by atoms with Gasteiger partial charge in [0.2, 0.25) is 0 Å². The summed E-state index contributed by atoms with van der Waals surface area (Å²) in [4.78, 5) is 0. The second-order valence-electron chi connectivity index (χ2n) is 19.1. The lowest BCUT2D eigenvalue weighted by atomic mass is 9.95. The number of aromatic nitrogens is 2. The molecule has 3 nitrogen and oxygen atoms in total. The molecular weight excluding hydrogens is 892 g/mol. The van der Waals surface area contributed by atoms with E-state index < -0.39 is 11.7 Å². The van der Waals surface area contributed by atoms with Crippen molar-refractivity contribution in [3.63, 3.8) is 0 Å². The van der Waals surface area contributed by atoms with Crippen LogP contribution < -0.4 is 0 Å². The van der Waals surface area contributed by atoms with E-state index >= 15 is 13.2 Å². The molecule has 0 aliphatic heterocycles. The Hall–Kier alpha value is -8.92. The number of hydrogen-bond donors (Lipinski definition) is 0. The van der Waals surface area contributed by atoms with Crippen LogP contribution in [0.5, 0.6) is 0 Å². The predicted molar refractivity (Wildman–Crippen MR) is 291 cm³/mol. The van der Waals surface area contributed by atoms with Gasteiger partial charge in [0.25, 0.3) is 0 Å². The van der Waals surface area contributed by atoms with Crippen LogP contribution in [0.3, 0.4) is 0 Å². The molecule has 0 spiro atoms. The van der Waals surface area contributed by atoms with Crippen LogP contribution in [-0.4, -0.2) is 9.13 Å². The molecule has 0 amide bonds. The average molecular weight is 938 g/mol. The van der Waals surface area contributed by atoms with Crippen LogP contribution in [0.2, 0.25) is 0 Å². The Balaban J connectivity index is 1.24. The highest BCUT2D eigenvalue weighted by Gasteiger charge is 2.34. The number of halogens is 3. The maximum Gasteiger partial charge on any atom is 0.417 e. The van der Waals surface area contributed by atoms with Crippen LogP contribution in [0.4, 0.5) is 13.2 Å². The van der Waals surface area contributed by atoms with Crippen LogP contribution >= 0.6 is 0 Å². The Labute approximate surface area is 415 Å². The van der Waals surface area contributed by atoms with Gasteiger partial charge in [0.15, 0.2) is 0 Å². The Morgan fingerprint density at radius 1 is 0.347 bits per heavy atom. The topological polar surface area (TPSA) is 33.6 Å². The van der Waals surface area contributed by atoms with Crippen molar-refractivity contribution in [3.8, 4) is 73.1 Å². The van der Waals surface area contributed by atoms with Crippen molar-refractivity contribution in [3.05, 3.63) is 240 Å². The molecule has 0 radical (unpaired) electrons. The fourth-order valence-corrected chi connectivity index (χ4v) is 10.5. The van der Waals surface area contributed by atoms with Crippen molar-refractivity contribution in [1.29, 1.82) is 5.26 Å². The normalized spacial score (nSPS) is 11.8. The second kappa shape index (κ2) is 17.2. The number of aryl methyl sites for hydroxylation is 4. The third-order valence-electron chi connectivity index (χ3n) is 14.3. The lowest BCUT2D eigenvalue weighted by Crippen LogP contribution is -2.09. The minimum Gasteiger partial charge on any atom is -0.308 e. The van der Waals surface area contributed by atoms with E-state index in [0.717, 1.165) is 116 Å². The first kappa shape index (κ1) is 44.3. The number of nitriles is 1. The molecular formula is C66H46F3N3. The maximum atomic E-state index is 15.3. The van der Waals surface area contributed by atoms with Gasteiger partial charge in [-0.15, -0.1) is 0 Å². The van der Waals surface area contributed by atoms with E-state index in [1.54, 1.807) is 18.2 Å². The second-order valence-corrected chi connectivity index (χ2v) is 19.1. The fraction of sp³-hybridized carbons (Fsp3) is 0.0758. The van der Waals surface area contributed by atoms with Gasteiger partial charge in [0.05, 0.1) is 39.0 Å². The largest absolute Gasteiger partial charge is 0.417 e. The first-order chi connectivity index (χ1) is 34.9. The highest BCUT2D eigenvalue weighted by molar-refractivity contribution is 6.13. The zero-order valence-corrected chi connectivity index (χ0v) is 40.1. The summed E-state index contributed by atoms with van der Waals surface area (Å²) in [5, 5.41) is 15.7. The van der Waals surface area contributed by atoms with E-state index in [9.17, 15) is 5.26 Å². The Morgan fingerprint density at radius 3 is 0.931 bits per heavy atom. The van der Waals surface area contributed by atoms with E-state index in [1.165, 1.54) is 12.1 Å². The number of fused-ring (bicyclic) bond motifs is 6. The van der Waals surface area contributed by atoms with Crippen LogP contribution in [0, 0.1) is 39.0 Å². The average Bonchev–Trinajstić information content (AvgIpc) is 3.90. The van der Waals surface area contributed by atoms with E-state index in [2.05, 4.69) is 213 Å². The zero-order chi connectivity index (χ0) is 49.4. The van der Waals surface area contributed by atoms with E-state index in [4.69, 9.17) is 0 Å². The van der Waals surface area contributed by atoms with Gasteiger partial charge in [-0.3, -0.25) is 0 Å². The quantitative estimate of drug-likeness (QED) is 0.157. The van der Waals surface area contributed by atoms with Crippen LogP contribution in [-0.2, 0) is 6.18 Å². The standard InChI is InChI=1S/C66H46F3N3/c1-40-9-17-44(18-10-40)48-25-29-54-55-30-26-49(45-19-11-41(2)12-20-45)34-61(55)71(60(54)33-48)64-37-52(53-7-5-6-8-59(53)66(67,68)69)38-65(58(64)39-70)72-62-35-50(46-21-13-42(3)14-22-46)27-31-56(62)57-32-28-51(36-63(57)72)47-23-15-43(4)16-24-47/h5-38H,1-4H3. The Kier molecular flexibility index (Phi) is 10.6. The van der Waals surface area contributed by atoms with E-state index in [-0.39, 0.29) is 5.56 Å². The molecule has 0 fully saturated rings. The van der Waals surface area contributed by atoms with Crippen molar-refractivity contribution in [2.45, 2.75) is 33.9 Å². The number of nitrogens with zero attached hydrogens (tertiary/aromatic N) is 3. The summed E-state index contributed by atoms with van der Waals surface area (Å²) in [6.45, 7) is 8.24. The number of hydrogen-bond acceptors (Lipinski definition) is 1. The predicted octanol–water partition coefficient (Wildman–Crippen LogP) is 18.3. The molecule has 12 rings (SSSR count). The third kappa shape index (κ3) is 7.62. The van der Waals surface area contributed by atoms with Crippen molar-refractivity contribution in [1.82, 2.24) is 9.13 Å². The molecule has 12 aromatic rings. The molecule has 72 heavy (non-hydrogen) atoms. The van der Waals surface area contributed by atoms with Gasteiger partial charge in [-0.1, -0.05) is 186 Å². The molecule has 0 aliphatic rings. The summed E-state index contributed by atoms with van der Waals surface area (Å²) in [7, 11) is 0. The van der Waals surface area contributed by atoms with Crippen molar-refractivity contribution >= 4 is 43.6 Å². The summed E-state index contributed by atoms with van der Waals surface area (Å²) in [5.74, 6) is 0. The zero-order valence-electron chi connectivity index (χ0n) is 40.1. The lowest BCUT2D eigenvalue weighted by molar-refractivity contribution is -0.137.